The van der Waals surface area contributed by atoms with E-state index in [1.165, 1.54) is 49.9 Å². The summed E-state index contributed by atoms with van der Waals surface area (Å²) in [5.41, 5.74) is 0. The van der Waals surface area contributed by atoms with Gasteiger partial charge in [0, 0.05) is 13.2 Å². The summed E-state index contributed by atoms with van der Waals surface area (Å²) >= 11 is 0. The minimum Gasteiger partial charge on any atom is -0.371 e. The van der Waals surface area contributed by atoms with E-state index in [2.05, 4.69) is 41.5 Å². The van der Waals surface area contributed by atoms with Gasteiger partial charge in [0.05, 0.1) is 27.7 Å². The molecular formula is C18H42O2S4Si2. The average molecular weight is 475 g/mol. The van der Waals surface area contributed by atoms with Crippen LogP contribution in [0.15, 0.2) is 0 Å². The molecular weight excluding hydrogens is 433 g/mol. The molecule has 0 aromatic heterocycles. The predicted octanol–water partition coefficient (Wildman–Crippen LogP) is 7.56. The minimum atomic E-state index is -0.797. The maximum absolute atomic E-state index is 6.26. The van der Waals surface area contributed by atoms with Gasteiger partial charge < -0.3 is 9.47 Å². The molecule has 8 heteroatoms. The van der Waals surface area contributed by atoms with Gasteiger partial charge in [-0.05, 0) is 32.5 Å². The SMILES string of the molecule is CCCCOC(SSSSC(OCCCC)[SiH](CC)CC)[SiH](CC)CC. The highest BCUT2D eigenvalue weighted by Crippen LogP contribution is 2.48. The quantitative estimate of drug-likeness (QED) is 0.0825. The summed E-state index contributed by atoms with van der Waals surface area (Å²) in [4.78, 5) is 0. The lowest BCUT2D eigenvalue weighted by molar-refractivity contribution is 0.151. The van der Waals surface area contributed by atoms with Gasteiger partial charge in [0.2, 0.25) is 0 Å². The smallest absolute Gasteiger partial charge is 0.0987 e. The first-order valence-electron chi connectivity index (χ1n) is 10.6. The standard InChI is InChI=1S/C18H42O2S4Si2/c1-7-13-15-19-17(25(9-3)10-4)21-23-24-22-18(20-16-14-8-2)26(11-5)12-6/h17-18,25-26H,7-16H2,1-6H3. The van der Waals surface area contributed by atoms with E-state index in [9.17, 15) is 0 Å². The average Bonchev–Trinajstić information content (AvgIpc) is 2.66. The Morgan fingerprint density at radius 3 is 1.23 bits per heavy atom. The van der Waals surface area contributed by atoms with Gasteiger partial charge in [-0.3, -0.25) is 0 Å². The van der Waals surface area contributed by atoms with E-state index < -0.39 is 17.6 Å². The zero-order valence-corrected chi connectivity index (χ0v) is 23.4. The maximum Gasteiger partial charge on any atom is 0.0987 e. The van der Waals surface area contributed by atoms with Gasteiger partial charge in [-0.25, -0.2) is 0 Å². The van der Waals surface area contributed by atoms with E-state index in [1.807, 2.05) is 41.2 Å². The highest BCUT2D eigenvalue weighted by molar-refractivity contribution is 9.26. The maximum atomic E-state index is 6.26. The monoisotopic (exact) mass is 474 g/mol. The molecule has 0 saturated heterocycles. The Kier molecular flexibility index (Phi) is 21.4. The van der Waals surface area contributed by atoms with Crippen molar-refractivity contribution in [2.45, 2.75) is 102 Å². The van der Waals surface area contributed by atoms with Crippen LogP contribution >= 0.6 is 41.2 Å². The predicted molar refractivity (Wildman–Crippen MR) is 136 cm³/mol. The molecule has 2 unspecified atom stereocenters. The second-order valence-corrected chi connectivity index (χ2v) is 21.2. The first kappa shape index (κ1) is 27.8. The van der Waals surface area contributed by atoms with Crippen molar-refractivity contribution in [3.63, 3.8) is 0 Å². The minimum absolute atomic E-state index is 0.458. The summed E-state index contributed by atoms with van der Waals surface area (Å²) in [5, 5.41) is 0.916. The second-order valence-electron chi connectivity index (χ2n) is 6.67. The molecule has 0 aliphatic heterocycles. The first-order valence-corrected chi connectivity index (χ1v) is 20.1. The van der Waals surface area contributed by atoms with Crippen LogP contribution in [0.5, 0.6) is 0 Å². The van der Waals surface area contributed by atoms with Crippen LogP contribution < -0.4 is 0 Å². The number of hydrogen-bond donors (Lipinski definition) is 0. The van der Waals surface area contributed by atoms with Gasteiger partial charge in [-0.15, -0.1) is 0 Å². The lowest BCUT2D eigenvalue weighted by Crippen LogP contribution is -2.29. The fourth-order valence-corrected chi connectivity index (χ4v) is 20.2. The molecule has 0 aromatic carbocycles. The summed E-state index contributed by atoms with van der Waals surface area (Å²) in [6.07, 6.45) is 4.81. The van der Waals surface area contributed by atoms with Crippen LogP contribution in [-0.4, -0.2) is 40.9 Å². The molecule has 0 fully saturated rings. The molecule has 0 radical (unpaired) electrons. The Hall–Kier alpha value is 1.75. The lowest BCUT2D eigenvalue weighted by atomic mass is 10.4. The van der Waals surface area contributed by atoms with Crippen molar-refractivity contribution in [2.75, 3.05) is 13.2 Å². The zero-order valence-electron chi connectivity index (χ0n) is 17.8. The first-order chi connectivity index (χ1) is 12.7. The molecule has 0 saturated carbocycles. The van der Waals surface area contributed by atoms with E-state index in [1.54, 1.807) is 0 Å². The van der Waals surface area contributed by atoms with Crippen molar-refractivity contribution in [3.05, 3.63) is 0 Å². The Labute approximate surface area is 182 Å². The third-order valence-corrected chi connectivity index (χ3v) is 21.2. The van der Waals surface area contributed by atoms with Gasteiger partial charge in [-0.1, -0.05) is 100 Å². The van der Waals surface area contributed by atoms with Crippen LogP contribution in [0.25, 0.3) is 0 Å². The van der Waals surface area contributed by atoms with E-state index in [4.69, 9.17) is 9.47 Å². The molecule has 158 valence electrons. The zero-order chi connectivity index (χ0) is 19.6. The molecule has 0 rings (SSSR count). The van der Waals surface area contributed by atoms with E-state index in [0.717, 1.165) is 13.2 Å². The van der Waals surface area contributed by atoms with Crippen molar-refractivity contribution in [2.24, 2.45) is 0 Å². The fourth-order valence-electron chi connectivity index (χ4n) is 2.63. The molecule has 26 heavy (non-hydrogen) atoms. The van der Waals surface area contributed by atoms with Gasteiger partial charge >= 0.3 is 0 Å². The molecule has 0 aliphatic carbocycles. The van der Waals surface area contributed by atoms with Crippen molar-refractivity contribution < 1.29 is 9.47 Å². The topological polar surface area (TPSA) is 18.5 Å². The molecule has 0 aliphatic rings. The van der Waals surface area contributed by atoms with Crippen LogP contribution in [0.3, 0.4) is 0 Å². The molecule has 2 nitrogen and oxygen atoms in total. The molecule has 0 spiro atoms. The van der Waals surface area contributed by atoms with Crippen molar-refractivity contribution in [3.8, 4) is 0 Å². The van der Waals surface area contributed by atoms with Crippen LogP contribution in [0, 0.1) is 0 Å². The van der Waals surface area contributed by atoms with Crippen LogP contribution in [-0.2, 0) is 9.47 Å². The summed E-state index contributed by atoms with van der Waals surface area (Å²) in [6.45, 7) is 15.7. The third kappa shape index (κ3) is 13.1. The van der Waals surface area contributed by atoms with Gasteiger partial charge in [0.25, 0.3) is 0 Å². The second kappa shape index (κ2) is 20.0. The van der Waals surface area contributed by atoms with Crippen LogP contribution in [0.2, 0.25) is 24.2 Å². The Morgan fingerprint density at radius 2 is 0.962 bits per heavy atom. The number of unbranched alkanes of at least 4 members (excludes halogenated alkanes) is 2. The van der Waals surface area contributed by atoms with E-state index >= 15 is 0 Å². The van der Waals surface area contributed by atoms with Crippen LogP contribution in [0.1, 0.15) is 67.2 Å². The Morgan fingerprint density at radius 1 is 0.615 bits per heavy atom. The normalized spacial score (nSPS) is 14.3. The molecule has 0 aromatic rings. The van der Waals surface area contributed by atoms with Gasteiger partial charge in [-0.2, -0.15) is 0 Å². The molecule has 2 atom stereocenters. The number of ether oxygens (including phenoxy) is 2. The molecule has 0 bridgehead atoms. The van der Waals surface area contributed by atoms with Crippen LogP contribution in [0.4, 0.5) is 0 Å². The summed E-state index contributed by atoms with van der Waals surface area (Å²) in [5.74, 6) is 0. The summed E-state index contributed by atoms with van der Waals surface area (Å²) in [7, 11) is 6.24. The van der Waals surface area contributed by atoms with Gasteiger partial charge in [0.15, 0.2) is 0 Å². The molecule has 0 amide bonds. The highest BCUT2D eigenvalue weighted by Gasteiger charge is 2.24. The van der Waals surface area contributed by atoms with Crippen molar-refractivity contribution >= 4 is 58.8 Å². The number of hydrogen-bond acceptors (Lipinski definition) is 6. The van der Waals surface area contributed by atoms with Crippen molar-refractivity contribution in [1.82, 2.24) is 0 Å². The Bertz CT molecular complexity index is 268. The largest absolute Gasteiger partial charge is 0.371 e. The fraction of sp³-hybridized carbons (Fsp3) is 1.00. The highest BCUT2D eigenvalue weighted by atomic mass is 33.7. The van der Waals surface area contributed by atoms with E-state index in [0.29, 0.717) is 10.1 Å². The number of rotatable bonds is 19. The summed E-state index contributed by atoms with van der Waals surface area (Å²) < 4.78 is 12.5. The van der Waals surface area contributed by atoms with E-state index in [-0.39, 0.29) is 0 Å². The third-order valence-electron chi connectivity index (χ3n) is 4.72. The van der Waals surface area contributed by atoms with Crippen molar-refractivity contribution in [1.29, 1.82) is 0 Å². The van der Waals surface area contributed by atoms with Gasteiger partial charge in [0.1, 0.15) is 0 Å². The Balaban J connectivity index is 4.39. The molecule has 0 heterocycles. The lowest BCUT2D eigenvalue weighted by Gasteiger charge is -2.25. The molecule has 0 N–H and O–H groups in total. The summed E-state index contributed by atoms with van der Waals surface area (Å²) in [6, 6.07) is 5.34.